The standard InChI is InChI=1S/C38H42N2O12/c1-38(2,3)52-37(49)40-18-26(39-34(46)22-12-14-24(41)15-13-22)30(19-40)51-35(47)23-16-28(43)32(29(44)17-23)33(45)31-25(10-7-11-27(31)42)36(48)50-20-21-8-5-4-6-9-21/h7,10-17,21,26,30,41-44H,4-6,8-9,18-20H2,1-3H3,(H,39,46)/t26-,30-/m1/s1. The van der Waals surface area contributed by atoms with Gasteiger partial charge in [-0.1, -0.05) is 25.3 Å². The van der Waals surface area contributed by atoms with E-state index in [-0.39, 0.29) is 48.1 Å². The van der Waals surface area contributed by atoms with Crippen molar-refractivity contribution in [1.29, 1.82) is 0 Å². The maximum atomic E-state index is 13.7. The van der Waals surface area contributed by atoms with Crippen LogP contribution in [0.5, 0.6) is 23.0 Å². The molecule has 1 aliphatic carbocycles. The van der Waals surface area contributed by atoms with E-state index in [1.807, 2.05) is 0 Å². The summed E-state index contributed by atoms with van der Waals surface area (Å²) in [5, 5.41) is 44.8. The number of phenolic OH excluding ortho intramolecular Hbond substituents is 4. The first-order chi connectivity index (χ1) is 24.6. The van der Waals surface area contributed by atoms with E-state index in [4.69, 9.17) is 14.2 Å². The second-order valence-corrected chi connectivity index (χ2v) is 14.0. The Kier molecular flexibility index (Phi) is 11.3. The van der Waals surface area contributed by atoms with E-state index >= 15 is 0 Å². The van der Waals surface area contributed by atoms with Gasteiger partial charge in [-0.2, -0.15) is 0 Å². The van der Waals surface area contributed by atoms with Crippen molar-refractivity contribution in [3.63, 3.8) is 0 Å². The van der Waals surface area contributed by atoms with Crippen molar-refractivity contribution < 1.29 is 58.6 Å². The van der Waals surface area contributed by atoms with Gasteiger partial charge in [-0.05, 0) is 88.1 Å². The zero-order valence-electron chi connectivity index (χ0n) is 29.1. The first-order valence-corrected chi connectivity index (χ1v) is 17.0. The van der Waals surface area contributed by atoms with E-state index in [1.165, 1.54) is 47.4 Å². The molecule has 1 aliphatic heterocycles. The Balaban J connectivity index is 1.35. The van der Waals surface area contributed by atoms with Gasteiger partial charge < -0.3 is 44.9 Å². The molecule has 0 spiro atoms. The van der Waals surface area contributed by atoms with Crippen LogP contribution in [0.1, 0.15) is 99.9 Å². The maximum Gasteiger partial charge on any atom is 0.410 e. The number of esters is 2. The number of nitrogens with zero attached hydrogens (tertiary/aromatic N) is 1. The molecule has 52 heavy (non-hydrogen) atoms. The van der Waals surface area contributed by atoms with E-state index in [0.717, 1.165) is 44.2 Å². The van der Waals surface area contributed by atoms with E-state index in [9.17, 15) is 44.4 Å². The Morgan fingerprint density at radius 3 is 2.08 bits per heavy atom. The molecule has 0 radical (unpaired) electrons. The molecular weight excluding hydrogens is 676 g/mol. The molecule has 1 saturated heterocycles. The van der Waals surface area contributed by atoms with Crippen molar-refractivity contribution in [3.05, 3.63) is 82.4 Å². The number of carbonyl (C=O) groups is 5. The molecule has 3 aromatic rings. The lowest BCUT2D eigenvalue weighted by molar-refractivity contribution is 0.0177. The van der Waals surface area contributed by atoms with E-state index in [0.29, 0.717) is 0 Å². The molecule has 1 saturated carbocycles. The van der Waals surface area contributed by atoms with Crippen LogP contribution in [0.3, 0.4) is 0 Å². The highest BCUT2D eigenvalue weighted by Gasteiger charge is 2.41. The Bertz CT molecular complexity index is 1820. The molecule has 14 nitrogen and oxygen atoms in total. The summed E-state index contributed by atoms with van der Waals surface area (Å²) in [6, 6.07) is 10.1. The smallest absolute Gasteiger partial charge is 0.410 e. The van der Waals surface area contributed by atoms with Gasteiger partial charge in [0.1, 0.15) is 40.3 Å². The lowest BCUT2D eigenvalue weighted by Gasteiger charge is -2.24. The summed E-state index contributed by atoms with van der Waals surface area (Å²) in [4.78, 5) is 67.3. The molecule has 0 unspecified atom stereocenters. The fourth-order valence-electron chi connectivity index (χ4n) is 6.24. The normalized spacial score (nSPS) is 17.6. The topological polar surface area (TPSA) is 209 Å². The lowest BCUT2D eigenvalue weighted by atomic mass is 9.90. The van der Waals surface area contributed by atoms with Crippen molar-refractivity contribution >= 4 is 29.7 Å². The van der Waals surface area contributed by atoms with Crippen LogP contribution >= 0.6 is 0 Å². The van der Waals surface area contributed by atoms with E-state index in [2.05, 4.69) is 5.32 Å². The average Bonchev–Trinajstić information content (AvgIpc) is 3.48. The summed E-state index contributed by atoms with van der Waals surface area (Å²) in [6.07, 6.45) is 3.17. The third kappa shape index (κ3) is 8.92. The van der Waals surface area contributed by atoms with Crippen LogP contribution in [0.15, 0.2) is 54.6 Å². The minimum Gasteiger partial charge on any atom is -0.508 e. The minimum absolute atomic E-state index is 0.0482. The zero-order chi connectivity index (χ0) is 37.7. The van der Waals surface area contributed by atoms with Crippen LogP contribution in [0.25, 0.3) is 0 Å². The number of ether oxygens (including phenoxy) is 3. The quantitative estimate of drug-likeness (QED) is 0.112. The van der Waals surface area contributed by atoms with Crippen molar-refractivity contribution in [2.45, 2.75) is 70.6 Å². The largest absolute Gasteiger partial charge is 0.508 e. The minimum atomic E-state index is -1.12. The van der Waals surface area contributed by atoms with E-state index in [1.54, 1.807) is 20.8 Å². The van der Waals surface area contributed by atoms with Gasteiger partial charge in [0, 0.05) is 12.1 Å². The molecule has 14 heteroatoms. The molecular formula is C38H42N2O12. The molecule has 2 fully saturated rings. The fourth-order valence-corrected chi connectivity index (χ4v) is 6.24. The summed E-state index contributed by atoms with van der Waals surface area (Å²) >= 11 is 0. The number of hydrogen-bond donors (Lipinski definition) is 5. The maximum absolute atomic E-state index is 13.7. The van der Waals surface area contributed by atoms with Crippen LogP contribution in [0.4, 0.5) is 4.79 Å². The number of benzene rings is 3. The molecule has 276 valence electrons. The first-order valence-electron chi connectivity index (χ1n) is 17.0. The van der Waals surface area contributed by atoms with Crippen molar-refractivity contribution in [1.82, 2.24) is 10.2 Å². The third-order valence-electron chi connectivity index (χ3n) is 8.85. The average molecular weight is 719 g/mol. The zero-order valence-corrected chi connectivity index (χ0v) is 29.1. The van der Waals surface area contributed by atoms with Gasteiger partial charge in [-0.3, -0.25) is 9.59 Å². The molecule has 5 rings (SSSR count). The summed E-state index contributed by atoms with van der Waals surface area (Å²) in [6.45, 7) is 4.92. The molecule has 3 aromatic carbocycles. The molecule has 2 amide bonds. The SMILES string of the molecule is CC(C)(C)OC(=O)N1C[C@@H](NC(=O)c2ccc(O)cc2)[C@H](OC(=O)c2cc(O)c(C(=O)c3c(O)cccc3C(=O)OCC3CCCCC3)c(O)c2)C1. The lowest BCUT2D eigenvalue weighted by Crippen LogP contribution is -2.44. The molecule has 2 atom stereocenters. The monoisotopic (exact) mass is 718 g/mol. The van der Waals surface area contributed by atoms with Crippen LogP contribution in [-0.4, -0.2) is 92.5 Å². The van der Waals surface area contributed by atoms with Crippen LogP contribution in [0.2, 0.25) is 0 Å². The fraction of sp³-hybridized carbons (Fsp3) is 0.395. The van der Waals surface area contributed by atoms with Crippen molar-refractivity contribution in [2.75, 3.05) is 19.7 Å². The second-order valence-electron chi connectivity index (χ2n) is 14.0. The Hall–Kier alpha value is -5.79. The van der Waals surface area contributed by atoms with Gasteiger partial charge in [0.15, 0.2) is 0 Å². The number of rotatable bonds is 9. The molecule has 1 heterocycles. The van der Waals surface area contributed by atoms with Crippen LogP contribution < -0.4 is 5.32 Å². The highest BCUT2D eigenvalue weighted by atomic mass is 16.6. The molecule has 0 bridgehead atoms. The summed E-state index contributed by atoms with van der Waals surface area (Å²) in [7, 11) is 0. The van der Waals surface area contributed by atoms with Crippen LogP contribution in [0, 0.1) is 5.92 Å². The first kappa shape index (κ1) is 37.5. The van der Waals surface area contributed by atoms with Crippen molar-refractivity contribution in [3.8, 4) is 23.0 Å². The summed E-state index contributed by atoms with van der Waals surface area (Å²) in [5.41, 5.74) is -2.47. The number of likely N-dealkylation sites (tertiary alicyclic amines) is 1. The van der Waals surface area contributed by atoms with Gasteiger partial charge in [0.05, 0.1) is 35.9 Å². The number of nitrogens with one attached hydrogen (secondary N) is 1. The van der Waals surface area contributed by atoms with Gasteiger partial charge in [-0.25, -0.2) is 14.4 Å². The molecule has 0 aromatic heterocycles. The van der Waals surface area contributed by atoms with E-state index < -0.39 is 75.8 Å². The number of hydrogen-bond acceptors (Lipinski definition) is 12. The summed E-state index contributed by atoms with van der Waals surface area (Å²) in [5.74, 6) is -5.74. The number of phenols is 4. The Labute approximate surface area is 299 Å². The van der Waals surface area contributed by atoms with Crippen molar-refractivity contribution in [2.24, 2.45) is 5.92 Å². The third-order valence-corrected chi connectivity index (χ3v) is 8.85. The number of amides is 2. The Morgan fingerprint density at radius 2 is 1.44 bits per heavy atom. The number of aromatic hydroxyl groups is 4. The van der Waals surface area contributed by atoms with Gasteiger partial charge in [0.25, 0.3) is 5.91 Å². The Morgan fingerprint density at radius 1 is 0.788 bits per heavy atom. The number of carbonyl (C=O) groups excluding carboxylic acids is 5. The summed E-state index contributed by atoms with van der Waals surface area (Å²) < 4.78 is 16.6. The number of ketones is 1. The van der Waals surface area contributed by atoms with Gasteiger partial charge in [-0.15, -0.1) is 0 Å². The highest BCUT2D eigenvalue weighted by Crippen LogP contribution is 2.35. The molecule has 5 N–H and O–H groups in total. The predicted octanol–water partition coefficient (Wildman–Crippen LogP) is 5.05. The highest BCUT2D eigenvalue weighted by molar-refractivity contribution is 6.18. The van der Waals surface area contributed by atoms with Gasteiger partial charge >= 0.3 is 18.0 Å². The van der Waals surface area contributed by atoms with Crippen LogP contribution in [-0.2, 0) is 14.2 Å². The van der Waals surface area contributed by atoms with Gasteiger partial charge in [0.2, 0.25) is 5.78 Å². The predicted molar refractivity (Wildman–Crippen MR) is 185 cm³/mol. The second kappa shape index (κ2) is 15.6. The molecule has 2 aliphatic rings.